The molecule has 0 aromatic heterocycles. The van der Waals surface area contributed by atoms with Gasteiger partial charge in [0, 0.05) is 35.8 Å². The van der Waals surface area contributed by atoms with Crippen molar-refractivity contribution in [2.24, 2.45) is 0 Å². The van der Waals surface area contributed by atoms with E-state index in [1.807, 2.05) is 0 Å². The summed E-state index contributed by atoms with van der Waals surface area (Å²) in [5, 5.41) is 13.9. The lowest BCUT2D eigenvalue weighted by Gasteiger charge is -2.27. The molecule has 0 aliphatic carbocycles. The Labute approximate surface area is 173 Å². The first kappa shape index (κ1) is 20.5. The normalized spacial score (nSPS) is 14.4. The highest BCUT2D eigenvalue weighted by Gasteiger charge is 2.23. The molecule has 7 nitrogen and oxygen atoms in total. The third-order valence-corrected chi connectivity index (χ3v) is 5.01. The van der Waals surface area contributed by atoms with Crippen molar-refractivity contribution in [3.8, 4) is 0 Å². The van der Waals surface area contributed by atoms with Gasteiger partial charge in [-0.3, -0.25) is 19.7 Å². The molecule has 0 unspecified atom stereocenters. The van der Waals surface area contributed by atoms with Crippen LogP contribution >= 0.6 is 11.6 Å². The van der Waals surface area contributed by atoms with Gasteiger partial charge in [-0.05, 0) is 49.1 Å². The molecule has 0 saturated carbocycles. The van der Waals surface area contributed by atoms with Crippen LogP contribution in [0.5, 0.6) is 0 Å². The molecule has 0 bridgehead atoms. The van der Waals surface area contributed by atoms with E-state index in [-0.39, 0.29) is 22.9 Å². The van der Waals surface area contributed by atoms with Gasteiger partial charge in [-0.25, -0.2) is 0 Å². The molecule has 0 spiro atoms. The number of halogens is 1. The molecule has 0 atom stereocenters. The monoisotopic (exact) mass is 413 g/mol. The fourth-order valence-electron chi connectivity index (χ4n) is 3.10. The van der Waals surface area contributed by atoms with Crippen molar-refractivity contribution in [1.82, 2.24) is 10.2 Å². The Kier molecular flexibility index (Phi) is 6.61. The minimum Gasteiger partial charge on any atom is -0.337 e. The van der Waals surface area contributed by atoms with Crippen LogP contribution in [0.15, 0.2) is 54.2 Å². The molecule has 1 aliphatic heterocycles. The summed E-state index contributed by atoms with van der Waals surface area (Å²) in [6.45, 7) is 1.26. The van der Waals surface area contributed by atoms with Gasteiger partial charge in [-0.15, -0.1) is 0 Å². The van der Waals surface area contributed by atoms with Crippen LogP contribution < -0.4 is 5.32 Å². The van der Waals surface area contributed by atoms with Gasteiger partial charge in [0.2, 0.25) is 0 Å². The number of rotatable bonds is 5. The number of nitrogens with zero attached hydrogens (tertiary/aromatic N) is 2. The van der Waals surface area contributed by atoms with E-state index in [2.05, 4.69) is 5.32 Å². The summed E-state index contributed by atoms with van der Waals surface area (Å²) in [5.41, 5.74) is 0.826. The molecule has 1 heterocycles. The highest BCUT2D eigenvalue weighted by atomic mass is 35.5. The molecule has 2 aromatic rings. The smallest absolute Gasteiger partial charge is 0.270 e. The van der Waals surface area contributed by atoms with Crippen LogP contribution in [0.3, 0.4) is 0 Å². The standard InChI is InChI=1S/C21H20ClN3O4/c22-18-7-3-2-6-16(18)14-19(21(27)24-12-4-1-5-13-24)23-20(26)15-8-10-17(11-9-15)25(28)29/h2-3,6-11,14H,1,4-5,12-13H2,(H,23,26)/b19-14-. The summed E-state index contributed by atoms with van der Waals surface area (Å²) < 4.78 is 0. The Hall–Kier alpha value is -3.19. The molecular weight excluding hydrogens is 394 g/mol. The largest absolute Gasteiger partial charge is 0.337 e. The number of nitro benzene ring substituents is 1. The van der Waals surface area contributed by atoms with Crippen LogP contribution in [0.4, 0.5) is 5.69 Å². The predicted octanol–water partition coefficient (Wildman–Crippen LogP) is 4.03. The summed E-state index contributed by atoms with van der Waals surface area (Å²) in [6.07, 6.45) is 4.47. The van der Waals surface area contributed by atoms with Crippen LogP contribution in [0.1, 0.15) is 35.2 Å². The highest BCUT2D eigenvalue weighted by Crippen LogP contribution is 2.20. The number of benzene rings is 2. The van der Waals surface area contributed by atoms with E-state index in [1.54, 1.807) is 35.2 Å². The zero-order valence-corrected chi connectivity index (χ0v) is 16.4. The molecule has 3 rings (SSSR count). The van der Waals surface area contributed by atoms with Gasteiger partial charge in [0.1, 0.15) is 5.70 Å². The first-order valence-electron chi connectivity index (χ1n) is 9.27. The van der Waals surface area contributed by atoms with E-state index in [0.717, 1.165) is 19.3 Å². The van der Waals surface area contributed by atoms with E-state index >= 15 is 0 Å². The van der Waals surface area contributed by atoms with Gasteiger partial charge in [0.25, 0.3) is 17.5 Å². The van der Waals surface area contributed by atoms with E-state index in [1.165, 1.54) is 24.3 Å². The second-order valence-corrected chi connectivity index (χ2v) is 7.10. The minimum absolute atomic E-state index is 0.113. The van der Waals surface area contributed by atoms with Crippen molar-refractivity contribution in [3.05, 3.63) is 80.5 Å². The Morgan fingerprint density at radius 3 is 2.31 bits per heavy atom. The quantitative estimate of drug-likeness (QED) is 0.455. The van der Waals surface area contributed by atoms with Gasteiger partial charge in [-0.1, -0.05) is 29.8 Å². The van der Waals surface area contributed by atoms with E-state index in [0.29, 0.717) is 23.7 Å². The maximum atomic E-state index is 13.0. The van der Waals surface area contributed by atoms with E-state index in [4.69, 9.17) is 11.6 Å². The Balaban J connectivity index is 1.88. The average molecular weight is 414 g/mol. The van der Waals surface area contributed by atoms with Crippen molar-refractivity contribution in [3.63, 3.8) is 0 Å². The molecule has 1 aliphatic rings. The molecule has 8 heteroatoms. The van der Waals surface area contributed by atoms with Crippen molar-refractivity contribution in [2.75, 3.05) is 13.1 Å². The Morgan fingerprint density at radius 1 is 1.03 bits per heavy atom. The van der Waals surface area contributed by atoms with Crippen LogP contribution in [0.2, 0.25) is 5.02 Å². The minimum atomic E-state index is -0.537. The fourth-order valence-corrected chi connectivity index (χ4v) is 3.29. The van der Waals surface area contributed by atoms with E-state index < -0.39 is 10.8 Å². The summed E-state index contributed by atoms with van der Waals surface area (Å²) in [4.78, 5) is 37.7. The average Bonchev–Trinajstić information content (AvgIpc) is 2.75. The molecule has 0 radical (unpaired) electrons. The SMILES string of the molecule is O=C(N/C(=C\c1ccccc1Cl)C(=O)N1CCCCC1)c1ccc([N+](=O)[O-])cc1. The number of likely N-dealkylation sites (tertiary alicyclic amines) is 1. The van der Waals surface area contributed by atoms with Crippen LogP contribution in [0.25, 0.3) is 6.08 Å². The van der Waals surface area contributed by atoms with Gasteiger partial charge < -0.3 is 10.2 Å². The zero-order valence-electron chi connectivity index (χ0n) is 15.6. The summed E-state index contributed by atoms with van der Waals surface area (Å²) in [6, 6.07) is 12.2. The predicted molar refractivity (Wildman–Crippen MR) is 110 cm³/mol. The number of carbonyl (C=O) groups excluding carboxylic acids is 2. The second-order valence-electron chi connectivity index (χ2n) is 6.69. The van der Waals surface area contributed by atoms with Crippen LogP contribution in [-0.2, 0) is 4.79 Å². The summed E-state index contributed by atoms with van der Waals surface area (Å²) >= 11 is 6.21. The molecule has 2 amide bonds. The number of nitro groups is 1. The zero-order chi connectivity index (χ0) is 20.8. The number of nitrogens with one attached hydrogen (secondary N) is 1. The van der Waals surface area contributed by atoms with Crippen molar-refractivity contribution in [1.29, 1.82) is 0 Å². The van der Waals surface area contributed by atoms with Crippen molar-refractivity contribution >= 4 is 35.2 Å². The van der Waals surface area contributed by atoms with Crippen LogP contribution in [-0.4, -0.2) is 34.7 Å². The molecular formula is C21H20ClN3O4. The van der Waals surface area contributed by atoms with Gasteiger partial charge in [-0.2, -0.15) is 0 Å². The highest BCUT2D eigenvalue weighted by molar-refractivity contribution is 6.32. The van der Waals surface area contributed by atoms with Gasteiger partial charge in [0.05, 0.1) is 4.92 Å². The number of amides is 2. The molecule has 1 saturated heterocycles. The number of hydrogen-bond donors (Lipinski definition) is 1. The first-order valence-corrected chi connectivity index (χ1v) is 9.65. The lowest BCUT2D eigenvalue weighted by molar-refractivity contribution is -0.384. The lowest BCUT2D eigenvalue weighted by atomic mass is 10.1. The molecule has 1 fully saturated rings. The molecule has 1 N–H and O–H groups in total. The fraction of sp³-hybridized carbons (Fsp3) is 0.238. The van der Waals surface area contributed by atoms with Gasteiger partial charge >= 0.3 is 0 Å². The maximum absolute atomic E-state index is 13.0. The molecule has 2 aromatic carbocycles. The Morgan fingerprint density at radius 2 is 1.69 bits per heavy atom. The summed E-state index contributed by atoms with van der Waals surface area (Å²) in [5.74, 6) is -0.802. The molecule has 150 valence electrons. The Bertz CT molecular complexity index is 951. The van der Waals surface area contributed by atoms with Crippen LogP contribution in [0, 0.1) is 10.1 Å². The third-order valence-electron chi connectivity index (χ3n) is 4.67. The number of hydrogen-bond acceptors (Lipinski definition) is 4. The maximum Gasteiger partial charge on any atom is 0.270 e. The number of carbonyl (C=O) groups is 2. The topological polar surface area (TPSA) is 92.6 Å². The number of non-ortho nitro benzene ring substituents is 1. The van der Waals surface area contributed by atoms with E-state index in [9.17, 15) is 19.7 Å². The summed E-state index contributed by atoms with van der Waals surface area (Å²) in [7, 11) is 0. The third kappa shape index (κ3) is 5.20. The van der Waals surface area contributed by atoms with Gasteiger partial charge in [0.15, 0.2) is 0 Å². The lowest BCUT2D eigenvalue weighted by Crippen LogP contribution is -2.41. The molecule has 29 heavy (non-hydrogen) atoms. The second kappa shape index (κ2) is 9.34. The van der Waals surface area contributed by atoms with Crippen molar-refractivity contribution in [2.45, 2.75) is 19.3 Å². The first-order chi connectivity index (χ1) is 14.0. The number of piperidine rings is 1. The van der Waals surface area contributed by atoms with Crippen molar-refractivity contribution < 1.29 is 14.5 Å².